The summed E-state index contributed by atoms with van der Waals surface area (Å²) < 4.78 is 5.08. The summed E-state index contributed by atoms with van der Waals surface area (Å²) in [4.78, 5) is 2.68. The summed E-state index contributed by atoms with van der Waals surface area (Å²) in [6.07, 6.45) is 2.22. The molecule has 0 aliphatic rings. The Hall–Kier alpha value is -2.26. The Morgan fingerprint density at radius 1 is 1.33 bits per heavy atom. The number of rotatable bonds is 5. The molecule has 0 aliphatic heterocycles. The van der Waals surface area contributed by atoms with Crippen LogP contribution in [0.3, 0.4) is 0 Å². The van der Waals surface area contributed by atoms with E-state index in [2.05, 4.69) is 34.2 Å². The first-order valence-corrected chi connectivity index (χ1v) is 5.89. The lowest BCUT2D eigenvalue weighted by molar-refractivity contribution is 0.387. The highest BCUT2D eigenvalue weighted by molar-refractivity contribution is 5.59. The fourth-order valence-corrected chi connectivity index (χ4v) is 1.76. The Morgan fingerprint density at radius 3 is 2.78 bits per heavy atom. The number of nitrogens with zero attached hydrogens (tertiary/aromatic N) is 4. The van der Waals surface area contributed by atoms with Gasteiger partial charge in [0.05, 0.1) is 6.54 Å². The van der Waals surface area contributed by atoms with Gasteiger partial charge in [0, 0.05) is 16.5 Å². The van der Waals surface area contributed by atoms with Crippen LogP contribution in [0.5, 0.6) is 0 Å². The van der Waals surface area contributed by atoms with Crippen LogP contribution in [0, 0.1) is 0 Å². The van der Waals surface area contributed by atoms with Gasteiger partial charge in [-0.15, -0.1) is 0 Å². The average Bonchev–Trinajstić information content (AvgIpc) is 2.86. The molecule has 0 spiro atoms. The second kappa shape index (κ2) is 5.89. The fourth-order valence-electron chi connectivity index (χ4n) is 1.76. The minimum absolute atomic E-state index is 0.192. The highest BCUT2D eigenvalue weighted by atomic mass is 16.5. The molecule has 0 N–H and O–H groups in total. The first-order chi connectivity index (χ1) is 8.83. The summed E-state index contributed by atoms with van der Waals surface area (Å²) in [6.45, 7) is 2.35. The van der Waals surface area contributed by atoms with Crippen LogP contribution in [0.25, 0.3) is 21.7 Å². The van der Waals surface area contributed by atoms with Crippen LogP contribution in [0.2, 0.25) is 0 Å². The number of hydrogen-bond donors (Lipinski definition) is 0. The molecule has 0 bridgehead atoms. The van der Waals surface area contributed by atoms with Gasteiger partial charge in [-0.2, -0.15) is 0 Å². The van der Waals surface area contributed by atoms with Crippen molar-refractivity contribution in [2.75, 3.05) is 0 Å². The molecule has 0 saturated heterocycles. The largest absolute Gasteiger partial charge is 0.361 e. The zero-order chi connectivity index (χ0) is 12.8. The van der Waals surface area contributed by atoms with E-state index in [9.17, 15) is 0 Å². The number of benzene rings is 1. The molecule has 0 amide bonds. The maximum Gasteiger partial charge on any atom is 0.143 e. The van der Waals surface area contributed by atoms with Gasteiger partial charge in [0.25, 0.3) is 0 Å². The smallest absolute Gasteiger partial charge is 0.143 e. The molecule has 1 heterocycles. The standard InChI is InChI=1S/C13H14N4O/c1-2-3-10-4-6-11(7-5-10)13-8-12(18-16-13)9-15-17-14/h4-8H,2-3,9H2,1H3. The third-order valence-electron chi connectivity index (χ3n) is 2.64. The third kappa shape index (κ3) is 2.90. The number of azide groups is 1. The zero-order valence-electron chi connectivity index (χ0n) is 10.2. The van der Waals surface area contributed by atoms with Crippen molar-refractivity contribution >= 4 is 0 Å². The Labute approximate surface area is 105 Å². The van der Waals surface area contributed by atoms with Crippen LogP contribution in [0.1, 0.15) is 24.7 Å². The number of aromatic nitrogens is 1. The van der Waals surface area contributed by atoms with Crippen LogP contribution >= 0.6 is 0 Å². The topological polar surface area (TPSA) is 74.8 Å². The summed E-state index contributed by atoms with van der Waals surface area (Å²) >= 11 is 0. The Bertz CT molecular complexity index is 553. The van der Waals surface area contributed by atoms with Crippen LogP contribution < -0.4 is 0 Å². The summed E-state index contributed by atoms with van der Waals surface area (Å²) in [5.74, 6) is 0.570. The van der Waals surface area contributed by atoms with Gasteiger partial charge < -0.3 is 4.52 Å². The van der Waals surface area contributed by atoms with Crippen LogP contribution in [0.4, 0.5) is 0 Å². The van der Waals surface area contributed by atoms with Gasteiger partial charge in [-0.05, 0) is 17.5 Å². The van der Waals surface area contributed by atoms with Crippen molar-refractivity contribution in [2.45, 2.75) is 26.3 Å². The van der Waals surface area contributed by atoms with Gasteiger partial charge in [0.15, 0.2) is 0 Å². The lowest BCUT2D eigenvalue weighted by Crippen LogP contribution is -1.83. The lowest BCUT2D eigenvalue weighted by atomic mass is 10.1. The summed E-state index contributed by atoms with van der Waals surface area (Å²) in [5, 5.41) is 7.39. The van der Waals surface area contributed by atoms with Crippen molar-refractivity contribution in [3.8, 4) is 11.3 Å². The molecule has 18 heavy (non-hydrogen) atoms. The highest BCUT2D eigenvalue weighted by Crippen LogP contribution is 2.20. The normalized spacial score (nSPS) is 10.1. The van der Waals surface area contributed by atoms with Crippen molar-refractivity contribution in [3.05, 3.63) is 52.1 Å². The molecule has 1 aromatic heterocycles. The van der Waals surface area contributed by atoms with Gasteiger partial charge in [-0.25, -0.2) is 0 Å². The molecular weight excluding hydrogens is 228 g/mol. The molecule has 5 heteroatoms. The van der Waals surface area contributed by atoms with E-state index in [0.29, 0.717) is 5.76 Å². The minimum atomic E-state index is 0.192. The number of hydrogen-bond acceptors (Lipinski definition) is 3. The van der Waals surface area contributed by atoms with E-state index in [-0.39, 0.29) is 6.54 Å². The molecule has 2 rings (SSSR count). The van der Waals surface area contributed by atoms with E-state index in [1.54, 1.807) is 6.07 Å². The average molecular weight is 242 g/mol. The first-order valence-electron chi connectivity index (χ1n) is 5.89. The highest BCUT2D eigenvalue weighted by Gasteiger charge is 2.05. The Balaban J connectivity index is 2.15. The SMILES string of the molecule is CCCc1ccc(-c2cc(CN=[N+]=[N-])on2)cc1. The fraction of sp³-hybridized carbons (Fsp3) is 0.308. The van der Waals surface area contributed by atoms with Crippen molar-refractivity contribution in [1.82, 2.24) is 5.16 Å². The van der Waals surface area contributed by atoms with Crippen molar-refractivity contribution in [2.24, 2.45) is 5.11 Å². The predicted molar refractivity (Wildman–Crippen MR) is 68.8 cm³/mol. The molecule has 0 saturated carbocycles. The molecule has 0 aliphatic carbocycles. The molecule has 92 valence electrons. The summed E-state index contributed by atoms with van der Waals surface area (Å²) in [5.41, 5.74) is 11.3. The van der Waals surface area contributed by atoms with E-state index < -0.39 is 0 Å². The van der Waals surface area contributed by atoms with Gasteiger partial charge >= 0.3 is 0 Å². The predicted octanol–water partition coefficient (Wildman–Crippen LogP) is 4.10. The second-order valence-corrected chi connectivity index (χ2v) is 4.01. The van der Waals surface area contributed by atoms with E-state index in [1.165, 1.54) is 5.56 Å². The van der Waals surface area contributed by atoms with Gasteiger partial charge in [-0.1, -0.05) is 47.9 Å². The third-order valence-corrected chi connectivity index (χ3v) is 2.64. The van der Waals surface area contributed by atoms with Crippen molar-refractivity contribution < 1.29 is 4.52 Å². The zero-order valence-corrected chi connectivity index (χ0v) is 10.2. The van der Waals surface area contributed by atoms with Crippen LogP contribution in [0.15, 0.2) is 40.0 Å². The molecule has 2 aromatic rings. The molecule has 1 aromatic carbocycles. The molecule has 0 unspecified atom stereocenters. The van der Waals surface area contributed by atoms with E-state index in [0.717, 1.165) is 24.1 Å². The molecular formula is C13H14N4O. The quantitative estimate of drug-likeness (QED) is 0.449. The maximum atomic E-state index is 8.23. The minimum Gasteiger partial charge on any atom is -0.361 e. The molecule has 0 radical (unpaired) electrons. The summed E-state index contributed by atoms with van der Waals surface area (Å²) in [7, 11) is 0. The Kier molecular flexibility index (Phi) is 3.99. The van der Waals surface area contributed by atoms with E-state index in [4.69, 9.17) is 10.1 Å². The monoisotopic (exact) mass is 242 g/mol. The first kappa shape index (κ1) is 12.2. The van der Waals surface area contributed by atoms with Crippen LogP contribution in [-0.2, 0) is 13.0 Å². The van der Waals surface area contributed by atoms with Gasteiger partial charge in [0.1, 0.15) is 11.5 Å². The molecule has 0 fully saturated rings. The van der Waals surface area contributed by atoms with Gasteiger partial charge in [-0.3, -0.25) is 0 Å². The van der Waals surface area contributed by atoms with Crippen molar-refractivity contribution in [3.63, 3.8) is 0 Å². The lowest BCUT2D eigenvalue weighted by Gasteiger charge is -1.99. The summed E-state index contributed by atoms with van der Waals surface area (Å²) in [6, 6.07) is 10.0. The van der Waals surface area contributed by atoms with Crippen LogP contribution in [-0.4, -0.2) is 5.16 Å². The molecule has 0 atom stereocenters. The van der Waals surface area contributed by atoms with Crippen molar-refractivity contribution in [1.29, 1.82) is 0 Å². The second-order valence-electron chi connectivity index (χ2n) is 4.01. The molecule has 5 nitrogen and oxygen atoms in total. The van der Waals surface area contributed by atoms with E-state index >= 15 is 0 Å². The van der Waals surface area contributed by atoms with Gasteiger partial charge in [0.2, 0.25) is 0 Å². The number of aryl methyl sites for hydroxylation is 1. The Morgan fingerprint density at radius 2 is 2.11 bits per heavy atom. The van der Waals surface area contributed by atoms with E-state index in [1.807, 2.05) is 12.1 Å². The maximum absolute atomic E-state index is 8.23.